The number of nitrogens with zero attached hydrogens (tertiary/aromatic N) is 1. The normalized spacial score (nSPS) is 22.6. The molecule has 2 heterocycles. The highest BCUT2D eigenvalue weighted by Gasteiger charge is 2.48. The summed E-state index contributed by atoms with van der Waals surface area (Å²) in [6, 6.07) is 14.4. The molecule has 1 aliphatic carbocycles. The number of amides is 1. The van der Waals surface area contributed by atoms with E-state index in [4.69, 9.17) is 5.73 Å². The molecule has 6 nitrogen and oxygen atoms in total. The van der Waals surface area contributed by atoms with Gasteiger partial charge in [-0.05, 0) is 59.9 Å². The lowest BCUT2D eigenvalue weighted by molar-refractivity contribution is 0.0710. The Morgan fingerprint density at radius 3 is 2.23 bits per heavy atom. The number of carbonyl (C=O) groups is 1. The third-order valence-electron chi connectivity index (χ3n) is 9.72. The van der Waals surface area contributed by atoms with E-state index in [0.29, 0.717) is 24.6 Å². The number of benzene rings is 2. The lowest BCUT2D eigenvalue weighted by Crippen LogP contribution is -2.58. The molecule has 0 aromatic heterocycles. The molecule has 3 aliphatic rings. The molecule has 2 aliphatic heterocycles. The summed E-state index contributed by atoms with van der Waals surface area (Å²) in [4.78, 5) is 15.8. The molecule has 0 bridgehead atoms. The minimum atomic E-state index is -1.47. The Morgan fingerprint density at radius 2 is 1.59 bits per heavy atom. The van der Waals surface area contributed by atoms with Crippen LogP contribution in [0.3, 0.4) is 0 Å². The number of rotatable bonds is 4. The van der Waals surface area contributed by atoms with Crippen molar-refractivity contribution in [2.75, 3.05) is 13.1 Å². The summed E-state index contributed by atoms with van der Waals surface area (Å²) in [7, 11) is -1.47. The third-order valence-corrected chi connectivity index (χ3v) is 9.72. The van der Waals surface area contributed by atoms with E-state index in [1.165, 1.54) is 44.1 Å². The Morgan fingerprint density at radius 1 is 0.949 bits per heavy atom. The van der Waals surface area contributed by atoms with Crippen LogP contribution >= 0.6 is 0 Å². The topological polar surface area (TPSA) is 98.8 Å². The van der Waals surface area contributed by atoms with Gasteiger partial charge >= 0.3 is 7.12 Å². The first-order valence-corrected chi connectivity index (χ1v) is 15.3. The van der Waals surface area contributed by atoms with Gasteiger partial charge in [0, 0.05) is 43.1 Å². The molecule has 210 valence electrons. The SMILES string of the molecule is NCc1cccc(C2CCN(C(=O)c3cccc4c3CNC3(CCCCCCCCCC3)C4B(O)O)CC2)c1. The van der Waals surface area contributed by atoms with Gasteiger partial charge in [-0.15, -0.1) is 0 Å². The van der Waals surface area contributed by atoms with Crippen LogP contribution in [0.25, 0.3) is 0 Å². The van der Waals surface area contributed by atoms with Gasteiger partial charge in [-0.1, -0.05) is 87.8 Å². The number of piperidine rings is 1. The Labute approximate surface area is 234 Å². The largest absolute Gasteiger partial charge is 0.461 e. The maximum atomic E-state index is 13.8. The van der Waals surface area contributed by atoms with Crippen LogP contribution in [-0.2, 0) is 13.1 Å². The molecule has 1 spiro atoms. The fraction of sp³-hybridized carbons (Fsp3) is 0.594. The predicted octanol–water partition coefficient (Wildman–Crippen LogP) is 5.02. The van der Waals surface area contributed by atoms with Crippen molar-refractivity contribution < 1.29 is 14.8 Å². The van der Waals surface area contributed by atoms with Crippen molar-refractivity contribution in [1.82, 2.24) is 10.2 Å². The summed E-state index contributed by atoms with van der Waals surface area (Å²) < 4.78 is 0. The van der Waals surface area contributed by atoms with Crippen LogP contribution in [0.4, 0.5) is 0 Å². The third kappa shape index (κ3) is 6.27. The molecule has 0 radical (unpaired) electrons. The van der Waals surface area contributed by atoms with E-state index >= 15 is 0 Å². The second-order valence-electron chi connectivity index (χ2n) is 12.1. The van der Waals surface area contributed by atoms with E-state index in [0.717, 1.165) is 68.3 Å². The lowest BCUT2D eigenvalue weighted by atomic mass is 9.53. The molecule has 1 unspecified atom stereocenters. The number of hydrogen-bond donors (Lipinski definition) is 4. The molecular weight excluding hydrogens is 485 g/mol. The zero-order chi connectivity index (χ0) is 27.2. The first-order chi connectivity index (χ1) is 19.0. The number of fused-ring (bicyclic) bond motifs is 1. The maximum Gasteiger partial charge on any atom is 0.461 e. The fourth-order valence-electron chi connectivity index (χ4n) is 7.53. The Balaban J connectivity index is 1.35. The van der Waals surface area contributed by atoms with Gasteiger partial charge in [0.15, 0.2) is 0 Å². The van der Waals surface area contributed by atoms with Crippen LogP contribution in [0.2, 0.25) is 0 Å². The summed E-state index contributed by atoms with van der Waals surface area (Å²) in [5, 5.41) is 25.3. The van der Waals surface area contributed by atoms with Crippen LogP contribution in [0.1, 0.15) is 121 Å². The van der Waals surface area contributed by atoms with Gasteiger partial charge in [0.05, 0.1) is 0 Å². The van der Waals surface area contributed by atoms with E-state index < -0.39 is 12.9 Å². The van der Waals surface area contributed by atoms with Crippen molar-refractivity contribution in [1.29, 1.82) is 0 Å². The molecule has 5 rings (SSSR count). The van der Waals surface area contributed by atoms with Gasteiger partial charge in [0.25, 0.3) is 5.91 Å². The summed E-state index contributed by atoms with van der Waals surface area (Å²) in [6.45, 7) is 2.60. The van der Waals surface area contributed by atoms with Crippen molar-refractivity contribution in [3.05, 3.63) is 70.3 Å². The van der Waals surface area contributed by atoms with Crippen LogP contribution in [0.5, 0.6) is 0 Å². The Hall–Kier alpha value is -2.19. The van der Waals surface area contributed by atoms with Gasteiger partial charge in [-0.3, -0.25) is 4.79 Å². The summed E-state index contributed by atoms with van der Waals surface area (Å²) >= 11 is 0. The highest BCUT2D eigenvalue weighted by atomic mass is 16.4. The number of hydrogen-bond acceptors (Lipinski definition) is 5. The summed E-state index contributed by atoms with van der Waals surface area (Å²) in [5.74, 6) is 0.0696. The molecular formula is C32H46BN3O3. The van der Waals surface area contributed by atoms with Crippen LogP contribution in [0.15, 0.2) is 42.5 Å². The molecule has 5 N–H and O–H groups in total. The molecule has 1 saturated carbocycles. The van der Waals surface area contributed by atoms with Crippen LogP contribution < -0.4 is 11.1 Å². The first-order valence-electron chi connectivity index (χ1n) is 15.3. The molecule has 2 fully saturated rings. The van der Waals surface area contributed by atoms with E-state index in [9.17, 15) is 14.8 Å². The van der Waals surface area contributed by atoms with Crippen molar-refractivity contribution in [3.8, 4) is 0 Å². The number of likely N-dealkylation sites (tertiary alicyclic amines) is 1. The van der Waals surface area contributed by atoms with Gasteiger partial charge < -0.3 is 26.0 Å². The first kappa shape index (κ1) is 28.3. The van der Waals surface area contributed by atoms with Gasteiger partial charge in [0.2, 0.25) is 0 Å². The molecule has 7 heteroatoms. The van der Waals surface area contributed by atoms with Crippen LogP contribution in [0, 0.1) is 0 Å². The average Bonchev–Trinajstić information content (AvgIpc) is 3.02. The maximum absolute atomic E-state index is 13.8. The Bertz CT molecular complexity index is 1100. The van der Waals surface area contributed by atoms with Gasteiger partial charge in [-0.2, -0.15) is 0 Å². The molecule has 1 atom stereocenters. The van der Waals surface area contributed by atoms with Crippen LogP contribution in [-0.4, -0.2) is 46.6 Å². The quantitative estimate of drug-likeness (QED) is 0.416. The smallest absolute Gasteiger partial charge is 0.427 e. The number of nitrogens with two attached hydrogens (primary N) is 1. The highest BCUT2D eigenvalue weighted by Crippen LogP contribution is 2.44. The number of nitrogens with one attached hydrogen (secondary N) is 1. The fourth-order valence-corrected chi connectivity index (χ4v) is 7.53. The monoisotopic (exact) mass is 531 g/mol. The second-order valence-corrected chi connectivity index (χ2v) is 12.1. The highest BCUT2D eigenvalue weighted by molar-refractivity contribution is 6.44. The molecule has 1 saturated heterocycles. The zero-order valence-electron chi connectivity index (χ0n) is 23.4. The van der Waals surface area contributed by atoms with E-state index in [1.54, 1.807) is 0 Å². The summed E-state index contributed by atoms with van der Waals surface area (Å²) in [6.07, 6.45) is 13.4. The second kappa shape index (κ2) is 13.0. The van der Waals surface area contributed by atoms with E-state index in [2.05, 4.69) is 29.6 Å². The Kier molecular flexibility index (Phi) is 9.44. The molecule has 2 aromatic rings. The number of carbonyl (C=O) groups excluding carboxylic acids is 1. The van der Waals surface area contributed by atoms with E-state index in [1.807, 2.05) is 23.1 Å². The van der Waals surface area contributed by atoms with E-state index in [-0.39, 0.29) is 11.4 Å². The van der Waals surface area contributed by atoms with Crippen molar-refractivity contribution in [2.45, 2.75) is 107 Å². The average molecular weight is 532 g/mol. The molecule has 39 heavy (non-hydrogen) atoms. The van der Waals surface area contributed by atoms with Crippen molar-refractivity contribution >= 4 is 13.0 Å². The minimum absolute atomic E-state index is 0.0624. The summed E-state index contributed by atoms with van der Waals surface area (Å²) in [5.41, 5.74) is 10.6. The molecule has 2 aromatic carbocycles. The van der Waals surface area contributed by atoms with Crippen molar-refractivity contribution in [2.24, 2.45) is 5.73 Å². The molecule has 1 amide bonds. The standard InChI is InChI=1S/C32H46BN3O3/c34-22-24-11-9-12-26(21-24)25-15-19-36(20-16-25)31(37)28-14-10-13-27-29(28)23-35-32(30(27)33(38)39)17-7-5-3-1-2-4-6-8-18-32/h9-14,21,25,30,35,38-39H,1-8,15-20,22-23,34H2. The minimum Gasteiger partial charge on any atom is -0.427 e. The van der Waals surface area contributed by atoms with Gasteiger partial charge in [-0.25, -0.2) is 0 Å². The zero-order valence-corrected chi connectivity index (χ0v) is 23.4. The van der Waals surface area contributed by atoms with Gasteiger partial charge in [0.1, 0.15) is 0 Å². The van der Waals surface area contributed by atoms with Crippen molar-refractivity contribution in [3.63, 3.8) is 0 Å². The lowest BCUT2D eigenvalue weighted by Gasteiger charge is -2.47. The predicted molar refractivity (Wildman–Crippen MR) is 157 cm³/mol.